The maximum Gasteiger partial charge on any atom is 0.422 e. The average Bonchev–Trinajstić information content (AvgIpc) is 2.73. The summed E-state index contributed by atoms with van der Waals surface area (Å²) in [6.07, 6.45) is -6.08. The van der Waals surface area contributed by atoms with Crippen LogP contribution in [0.2, 0.25) is 0 Å². The second-order valence-electron chi connectivity index (χ2n) is 4.32. The van der Waals surface area contributed by atoms with Crippen LogP contribution in [0.1, 0.15) is 5.56 Å². The second-order valence-corrected chi connectivity index (χ2v) is 5.03. The molecule has 0 N–H and O–H groups in total. The maximum atomic E-state index is 12.9. The molecule has 0 bridgehead atoms. The van der Waals surface area contributed by atoms with Crippen LogP contribution in [0.25, 0.3) is 0 Å². The minimum Gasteiger partial charge on any atom is -0.444 e. The van der Waals surface area contributed by atoms with Crippen molar-refractivity contribution in [2.75, 3.05) is 0 Å². The summed E-state index contributed by atoms with van der Waals surface area (Å²) in [7, 11) is 10.4. The maximum absolute atomic E-state index is 12.9. The molecule has 1 amide bonds. The van der Waals surface area contributed by atoms with Gasteiger partial charge in [-0.25, -0.2) is 9.10 Å². The summed E-state index contributed by atoms with van der Waals surface area (Å²) in [5, 5.41) is -2.53. The number of hydrogen-bond donors (Lipinski definition) is 0. The Morgan fingerprint density at radius 1 is 1.38 bits per heavy atom. The van der Waals surface area contributed by atoms with Gasteiger partial charge in [-0.15, -0.1) is 0 Å². The molecule has 1 atom stereocenters. The summed E-state index contributed by atoms with van der Waals surface area (Å²) in [4.78, 5) is 11.8. The molecular formula is C11H8B2F3NO3S. The zero-order valence-electron chi connectivity index (χ0n) is 10.5. The van der Waals surface area contributed by atoms with E-state index in [0.29, 0.717) is 5.56 Å². The Morgan fingerprint density at radius 3 is 2.57 bits per heavy atom. The van der Waals surface area contributed by atoms with Gasteiger partial charge in [0.05, 0.1) is 0 Å². The van der Waals surface area contributed by atoms with Crippen molar-refractivity contribution in [2.24, 2.45) is 0 Å². The van der Waals surface area contributed by atoms with E-state index < -0.39 is 23.7 Å². The Labute approximate surface area is 126 Å². The number of carbonyl (C=O) groups is 1. The molecular weight excluding hydrogens is 305 g/mol. The molecule has 21 heavy (non-hydrogen) atoms. The van der Waals surface area contributed by atoms with Gasteiger partial charge in [-0.2, -0.15) is 13.2 Å². The Bertz CT molecular complexity index is 515. The summed E-state index contributed by atoms with van der Waals surface area (Å²) in [6, 6.07) is 6.00. The van der Waals surface area contributed by atoms with E-state index >= 15 is 0 Å². The van der Waals surface area contributed by atoms with Crippen LogP contribution in [0.5, 0.6) is 0 Å². The van der Waals surface area contributed by atoms with E-state index in [2.05, 4.69) is 4.18 Å². The van der Waals surface area contributed by atoms with Crippen molar-refractivity contribution in [3.8, 4) is 0 Å². The highest BCUT2D eigenvalue weighted by Crippen LogP contribution is 2.43. The molecule has 1 fully saturated rings. The highest BCUT2D eigenvalue weighted by atomic mass is 32.2. The minimum atomic E-state index is -4.85. The van der Waals surface area contributed by atoms with Crippen LogP contribution in [0.3, 0.4) is 0 Å². The van der Waals surface area contributed by atoms with E-state index in [4.69, 9.17) is 20.4 Å². The van der Waals surface area contributed by atoms with Crippen molar-refractivity contribution < 1.29 is 26.9 Å². The van der Waals surface area contributed by atoms with Crippen molar-refractivity contribution in [2.45, 2.75) is 24.2 Å². The number of ether oxygens (including phenoxy) is 1. The lowest BCUT2D eigenvalue weighted by molar-refractivity contribution is -0.175. The van der Waals surface area contributed by atoms with Crippen molar-refractivity contribution in [1.29, 1.82) is 0 Å². The third-order valence-corrected chi connectivity index (χ3v) is 3.50. The lowest BCUT2D eigenvalue weighted by Gasteiger charge is -2.30. The Morgan fingerprint density at radius 2 is 2.00 bits per heavy atom. The second kappa shape index (κ2) is 5.84. The van der Waals surface area contributed by atoms with Gasteiger partial charge in [0.25, 0.3) is 0 Å². The molecule has 1 aromatic rings. The topological polar surface area (TPSA) is 38.8 Å². The molecule has 0 spiro atoms. The number of hydrogen-bond acceptors (Lipinski definition) is 4. The molecule has 1 aliphatic rings. The van der Waals surface area contributed by atoms with Crippen LogP contribution in [-0.2, 0) is 15.5 Å². The molecule has 4 nitrogen and oxygen atoms in total. The van der Waals surface area contributed by atoms with Crippen LogP contribution in [0, 0.1) is 0 Å². The van der Waals surface area contributed by atoms with Crippen molar-refractivity contribution in [3.63, 3.8) is 0 Å². The number of alkyl halides is 3. The number of rotatable bonds is 2. The normalized spacial score (nSPS) is 21.3. The summed E-state index contributed by atoms with van der Waals surface area (Å²) < 4.78 is 48.4. The van der Waals surface area contributed by atoms with Crippen LogP contribution < -0.4 is 0 Å². The third kappa shape index (κ3) is 3.68. The largest absolute Gasteiger partial charge is 0.444 e. The average molecular weight is 313 g/mol. The number of benzene rings is 1. The van der Waals surface area contributed by atoms with E-state index in [9.17, 15) is 18.0 Å². The molecule has 1 heterocycles. The van der Waals surface area contributed by atoms with E-state index in [1.54, 1.807) is 30.3 Å². The molecule has 0 aliphatic carbocycles. The predicted octanol–water partition coefficient (Wildman–Crippen LogP) is 2.14. The zero-order valence-corrected chi connectivity index (χ0v) is 11.4. The molecule has 108 valence electrons. The predicted molar refractivity (Wildman–Crippen MR) is 71.2 cm³/mol. The van der Waals surface area contributed by atoms with Gasteiger partial charge in [0, 0.05) is 5.40 Å². The van der Waals surface area contributed by atoms with Gasteiger partial charge in [-0.3, -0.25) is 0 Å². The summed E-state index contributed by atoms with van der Waals surface area (Å²) in [5.41, 5.74) is 0.631. The van der Waals surface area contributed by atoms with Gasteiger partial charge in [0.15, 0.2) is 6.04 Å². The molecule has 1 aromatic carbocycles. The van der Waals surface area contributed by atoms with Gasteiger partial charge in [0.1, 0.15) is 34.5 Å². The Balaban J connectivity index is 2.05. The lowest BCUT2D eigenvalue weighted by atomic mass is 9.60. The van der Waals surface area contributed by atoms with E-state index in [1.165, 1.54) is 0 Å². The number of nitrogens with zero attached hydrogens (tertiary/aromatic N) is 1. The van der Waals surface area contributed by atoms with Gasteiger partial charge in [0.2, 0.25) is 0 Å². The lowest BCUT2D eigenvalue weighted by Crippen LogP contribution is -2.56. The molecule has 4 radical (unpaired) electrons. The third-order valence-electron chi connectivity index (χ3n) is 2.62. The first-order valence-electron chi connectivity index (χ1n) is 5.72. The van der Waals surface area contributed by atoms with Crippen LogP contribution >= 0.6 is 12.2 Å². The van der Waals surface area contributed by atoms with Crippen molar-refractivity contribution in [1.82, 2.24) is 4.31 Å². The zero-order chi connectivity index (χ0) is 15.7. The van der Waals surface area contributed by atoms with Crippen LogP contribution in [-0.4, -0.2) is 43.7 Å². The minimum absolute atomic E-state index is 0.116. The van der Waals surface area contributed by atoms with E-state index in [-0.39, 0.29) is 23.1 Å². The summed E-state index contributed by atoms with van der Waals surface area (Å²) >= 11 is 0.116. The monoisotopic (exact) mass is 313 g/mol. The van der Waals surface area contributed by atoms with Gasteiger partial charge < -0.3 is 8.92 Å². The highest BCUT2D eigenvalue weighted by Gasteiger charge is 2.59. The standard InChI is InChI=1S/C11H8B2F3NO3S/c12-10(13)8(11(14,15)16)17(21-20-10)9(18)19-6-7-4-2-1-3-5-7/h1-5,8H,6H2. The number of carbonyl (C=O) groups excluding carboxylic acids is 1. The quantitative estimate of drug-likeness (QED) is 0.476. The van der Waals surface area contributed by atoms with Crippen molar-refractivity contribution >= 4 is 34.0 Å². The van der Waals surface area contributed by atoms with E-state index in [0.717, 1.165) is 0 Å². The molecule has 1 saturated heterocycles. The molecule has 2 rings (SSSR count). The fourth-order valence-corrected chi connectivity index (χ4v) is 2.47. The molecule has 1 aliphatic heterocycles. The molecule has 10 heteroatoms. The molecule has 0 saturated carbocycles. The molecule has 1 unspecified atom stereocenters. The highest BCUT2D eigenvalue weighted by molar-refractivity contribution is 7.93. The SMILES string of the molecule is [B]C1([B])OSN(C(=O)OCc2ccccc2)C1C(F)(F)F. The first-order chi connectivity index (χ1) is 9.72. The first-order valence-corrected chi connectivity index (χ1v) is 6.42. The Hall–Kier alpha value is -1.28. The number of amides is 1. The van der Waals surface area contributed by atoms with E-state index in [1.807, 2.05) is 0 Å². The summed E-state index contributed by atoms with van der Waals surface area (Å²) in [5.74, 6) is 0. The summed E-state index contributed by atoms with van der Waals surface area (Å²) in [6.45, 7) is -0.177. The number of halogens is 3. The first kappa shape index (κ1) is 16.1. The van der Waals surface area contributed by atoms with Crippen LogP contribution in [0.4, 0.5) is 18.0 Å². The Kier molecular flexibility index (Phi) is 4.48. The smallest absolute Gasteiger partial charge is 0.422 e. The fourth-order valence-electron chi connectivity index (χ4n) is 1.68. The van der Waals surface area contributed by atoms with Gasteiger partial charge in [-0.05, 0) is 5.56 Å². The van der Waals surface area contributed by atoms with Crippen molar-refractivity contribution in [3.05, 3.63) is 35.9 Å². The van der Waals surface area contributed by atoms with Gasteiger partial charge >= 0.3 is 12.3 Å². The molecule has 0 aromatic heterocycles. The van der Waals surface area contributed by atoms with Crippen LogP contribution in [0.15, 0.2) is 30.3 Å². The fraction of sp³-hybridized carbons (Fsp3) is 0.364. The van der Waals surface area contributed by atoms with Gasteiger partial charge in [-0.1, -0.05) is 30.3 Å².